The predicted octanol–water partition coefficient (Wildman–Crippen LogP) is -0.0402. The quantitative estimate of drug-likeness (QED) is 0.678. The van der Waals surface area contributed by atoms with Gasteiger partial charge in [0.25, 0.3) is 0 Å². The van der Waals surface area contributed by atoms with E-state index < -0.39 is 38.5 Å². The van der Waals surface area contributed by atoms with E-state index in [4.69, 9.17) is 5.73 Å². The topological polar surface area (TPSA) is 101 Å². The molecular formula is C10H13F2N3O3S. The third kappa shape index (κ3) is 3.38. The van der Waals surface area contributed by atoms with Crippen molar-refractivity contribution in [2.45, 2.75) is 17.9 Å². The Labute approximate surface area is 109 Å². The molecule has 1 atom stereocenters. The van der Waals surface area contributed by atoms with Crippen LogP contribution in [0.2, 0.25) is 0 Å². The highest BCUT2D eigenvalue weighted by molar-refractivity contribution is 7.89. The number of nitrogens with one attached hydrogen (secondary N) is 2. The molecule has 0 heterocycles. The summed E-state index contributed by atoms with van der Waals surface area (Å²) in [6.45, 7) is 1.24. The van der Waals surface area contributed by atoms with E-state index in [1.165, 1.54) is 14.0 Å². The Balaban J connectivity index is 3.18. The second-order valence-corrected chi connectivity index (χ2v) is 5.42. The molecule has 106 valence electrons. The largest absolute Gasteiger partial charge is 0.399 e. The van der Waals surface area contributed by atoms with Gasteiger partial charge in [-0.15, -0.1) is 0 Å². The lowest BCUT2D eigenvalue weighted by molar-refractivity contribution is -0.121. The Morgan fingerprint density at radius 3 is 2.21 bits per heavy atom. The number of benzene rings is 1. The number of amides is 1. The molecule has 0 aliphatic rings. The molecule has 19 heavy (non-hydrogen) atoms. The van der Waals surface area contributed by atoms with Gasteiger partial charge in [-0.2, -0.15) is 4.72 Å². The molecule has 0 aliphatic heterocycles. The summed E-state index contributed by atoms with van der Waals surface area (Å²) in [6, 6.07) is 0.191. The molecule has 0 radical (unpaired) electrons. The fourth-order valence-electron chi connectivity index (χ4n) is 1.40. The van der Waals surface area contributed by atoms with E-state index in [9.17, 15) is 22.0 Å². The first kappa shape index (κ1) is 15.3. The van der Waals surface area contributed by atoms with Crippen LogP contribution in [0.1, 0.15) is 6.92 Å². The molecule has 0 spiro atoms. The highest BCUT2D eigenvalue weighted by Gasteiger charge is 2.28. The van der Waals surface area contributed by atoms with Crippen LogP contribution in [0.25, 0.3) is 0 Å². The van der Waals surface area contributed by atoms with Crippen LogP contribution in [0.3, 0.4) is 0 Å². The maximum Gasteiger partial charge on any atom is 0.247 e. The maximum absolute atomic E-state index is 13.5. The molecule has 0 fully saturated rings. The number of hydrogen-bond acceptors (Lipinski definition) is 4. The summed E-state index contributed by atoms with van der Waals surface area (Å²) in [5, 5.41) is 2.20. The summed E-state index contributed by atoms with van der Waals surface area (Å²) in [6.07, 6.45) is 0. The maximum atomic E-state index is 13.5. The normalized spacial score (nSPS) is 13.1. The van der Waals surface area contributed by atoms with Gasteiger partial charge >= 0.3 is 0 Å². The van der Waals surface area contributed by atoms with E-state index in [-0.39, 0.29) is 5.69 Å². The van der Waals surface area contributed by atoms with Gasteiger partial charge in [0.2, 0.25) is 15.9 Å². The van der Waals surface area contributed by atoms with E-state index in [1.54, 1.807) is 0 Å². The molecule has 1 amide bonds. The van der Waals surface area contributed by atoms with Crippen LogP contribution in [0.4, 0.5) is 14.5 Å². The molecule has 1 unspecified atom stereocenters. The number of halogens is 2. The molecule has 6 nitrogen and oxygen atoms in total. The molecule has 1 rings (SSSR count). The van der Waals surface area contributed by atoms with E-state index in [1.807, 2.05) is 4.72 Å². The van der Waals surface area contributed by atoms with E-state index in [0.717, 1.165) is 0 Å². The van der Waals surface area contributed by atoms with Crippen LogP contribution in [0, 0.1) is 11.6 Å². The minimum atomic E-state index is -4.51. The first-order valence-electron chi connectivity index (χ1n) is 5.17. The number of rotatable bonds is 4. The second-order valence-electron chi connectivity index (χ2n) is 3.77. The van der Waals surface area contributed by atoms with Crippen molar-refractivity contribution in [3.05, 3.63) is 23.8 Å². The van der Waals surface area contributed by atoms with Gasteiger partial charge in [-0.3, -0.25) is 4.79 Å². The number of nitrogen functional groups attached to an aromatic ring is 1. The highest BCUT2D eigenvalue weighted by atomic mass is 32.2. The van der Waals surface area contributed by atoms with Gasteiger partial charge in [0.05, 0.1) is 6.04 Å². The van der Waals surface area contributed by atoms with E-state index in [0.29, 0.717) is 12.1 Å². The lowest BCUT2D eigenvalue weighted by Gasteiger charge is -2.14. The van der Waals surface area contributed by atoms with Gasteiger partial charge in [0.1, 0.15) is 11.6 Å². The van der Waals surface area contributed by atoms with Crippen LogP contribution in [-0.2, 0) is 14.8 Å². The Bertz CT molecular complexity index is 581. The van der Waals surface area contributed by atoms with Crippen molar-refractivity contribution in [2.75, 3.05) is 12.8 Å². The molecule has 1 aromatic carbocycles. The third-order valence-electron chi connectivity index (χ3n) is 2.26. The van der Waals surface area contributed by atoms with Crippen molar-refractivity contribution >= 4 is 21.6 Å². The van der Waals surface area contributed by atoms with Crippen molar-refractivity contribution in [1.82, 2.24) is 10.0 Å². The minimum absolute atomic E-state index is 0.242. The summed E-state index contributed by atoms with van der Waals surface area (Å²) in [5.41, 5.74) is 4.94. The molecule has 0 saturated heterocycles. The molecular weight excluding hydrogens is 280 g/mol. The van der Waals surface area contributed by atoms with Crippen LogP contribution in [-0.4, -0.2) is 27.4 Å². The summed E-state index contributed by atoms with van der Waals surface area (Å²) < 4.78 is 52.5. The number of likely N-dealkylation sites (N-methyl/N-ethyl adjacent to an activating group) is 1. The van der Waals surface area contributed by atoms with E-state index >= 15 is 0 Å². The van der Waals surface area contributed by atoms with Gasteiger partial charge in [-0.25, -0.2) is 17.2 Å². The van der Waals surface area contributed by atoms with Crippen LogP contribution in [0.5, 0.6) is 0 Å². The number of anilines is 1. The lowest BCUT2D eigenvalue weighted by Crippen LogP contribution is -2.43. The zero-order chi connectivity index (χ0) is 14.8. The van der Waals surface area contributed by atoms with E-state index in [2.05, 4.69) is 5.32 Å². The van der Waals surface area contributed by atoms with Gasteiger partial charge in [0, 0.05) is 12.7 Å². The average molecular weight is 293 g/mol. The number of carbonyl (C=O) groups is 1. The highest BCUT2D eigenvalue weighted by Crippen LogP contribution is 2.21. The number of nitrogens with two attached hydrogens (primary N) is 1. The lowest BCUT2D eigenvalue weighted by atomic mass is 10.3. The van der Waals surface area contributed by atoms with Crippen LogP contribution in [0.15, 0.2) is 17.0 Å². The SMILES string of the molecule is CNC(=O)C(C)NS(=O)(=O)c1c(F)cc(N)cc1F. The van der Waals surface area contributed by atoms with Crippen molar-refractivity contribution in [2.24, 2.45) is 0 Å². The van der Waals surface area contributed by atoms with Crippen molar-refractivity contribution < 1.29 is 22.0 Å². The second kappa shape index (κ2) is 5.49. The first-order chi connectivity index (χ1) is 8.69. The Kier molecular flexibility index (Phi) is 4.43. The predicted molar refractivity (Wildman–Crippen MR) is 64.6 cm³/mol. The van der Waals surface area contributed by atoms with Crippen molar-refractivity contribution in [1.29, 1.82) is 0 Å². The van der Waals surface area contributed by atoms with Gasteiger partial charge in [-0.1, -0.05) is 0 Å². The monoisotopic (exact) mass is 293 g/mol. The molecule has 0 bridgehead atoms. The molecule has 0 aliphatic carbocycles. The van der Waals surface area contributed by atoms with Crippen molar-refractivity contribution in [3.8, 4) is 0 Å². The summed E-state index contributed by atoms with van der Waals surface area (Å²) >= 11 is 0. The van der Waals surface area contributed by atoms with Gasteiger partial charge < -0.3 is 11.1 Å². The summed E-state index contributed by atoms with van der Waals surface area (Å²) in [7, 11) is -3.21. The van der Waals surface area contributed by atoms with Gasteiger partial charge in [-0.05, 0) is 19.1 Å². The van der Waals surface area contributed by atoms with Gasteiger partial charge in [0.15, 0.2) is 4.90 Å². The third-order valence-corrected chi connectivity index (χ3v) is 3.85. The fraction of sp³-hybridized carbons (Fsp3) is 0.300. The molecule has 1 aromatic rings. The fourth-order valence-corrected chi connectivity index (χ4v) is 2.72. The number of carbonyl (C=O) groups excluding carboxylic acids is 1. The smallest absolute Gasteiger partial charge is 0.247 e. The molecule has 0 aromatic heterocycles. The Morgan fingerprint density at radius 2 is 1.79 bits per heavy atom. The minimum Gasteiger partial charge on any atom is -0.399 e. The first-order valence-corrected chi connectivity index (χ1v) is 6.65. The van der Waals surface area contributed by atoms with Crippen molar-refractivity contribution in [3.63, 3.8) is 0 Å². The molecule has 9 heteroatoms. The van der Waals surface area contributed by atoms with Crippen LogP contribution >= 0.6 is 0 Å². The molecule has 0 saturated carbocycles. The summed E-state index contributed by atoms with van der Waals surface area (Å²) in [5.74, 6) is -3.29. The van der Waals surface area contributed by atoms with Crippen LogP contribution < -0.4 is 15.8 Å². The summed E-state index contributed by atoms with van der Waals surface area (Å²) in [4.78, 5) is 10.0. The number of sulfonamides is 1. The Morgan fingerprint density at radius 1 is 1.32 bits per heavy atom. The molecule has 4 N–H and O–H groups in total. The zero-order valence-electron chi connectivity index (χ0n) is 10.2. The standard InChI is InChI=1S/C10H13F2N3O3S/c1-5(10(16)14-2)15-19(17,18)9-7(11)3-6(13)4-8(9)12/h3-5,15H,13H2,1-2H3,(H,14,16). The number of hydrogen-bond donors (Lipinski definition) is 3. The Hall–Kier alpha value is -1.74. The average Bonchev–Trinajstić information content (AvgIpc) is 2.24. The zero-order valence-corrected chi connectivity index (χ0v) is 11.0.